The molecule has 0 fully saturated rings. The SMILES string of the molecule is CN(Cc1c2c(cc3c1OCC3)OCC2)C(=O)c1c(F)cccc1Cl. The molecule has 25 heavy (non-hydrogen) atoms. The fraction of sp³-hybridized carbons (Fsp3) is 0.316. The van der Waals surface area contributed by atoms with E-state index in [1.807, 2.05) is 6.07 Å². The zero-order valence-electron chi connectivity index (χ0n) is 13.8. The maximum Gasteiger partial charge on any atom is 0.258 e. The average Bonchev–Trinajstić information content (AvgIpc) is 3.22. The van der Waals surface area contributed by atoms with Gasteiger partial charge in [0.15, 0.2) is 0 Å². The van der Waals surface area contributed by atoms with Gasteiger partial charge in [-0.25, -0.2) is 4.39 Å². The zero-order valence-corrected chi connectivity index (χ0v) is 14.5. The van der Waals surface area contributed by atoms with Crippen LogP contribution in [0, 0.1) is 5.82 Å². The summed E-state index contributed by atoms with van der Waals surface area (Å²) in [5.74, 6) is 0.631. The van der Waals surface area contributed by atoms with Gasteiger partial charge in [0.1, 0.15) is 17.3 Å². The molecule has 0 N–H and O–H groups in total. The number of hydrogen-bond donors (Lipinski definition) is 0. The number of benzene rings is 2. The molecule has 2 aliphatic heterocycles. The standard InChI is InChI=1S/C19H17ClFNO3/c1-22(19(23)17-14(20)3-2-4-15(17)21)10-13-12-6-8-24-16(12)9-11-5-7-25-18(11)13/h2-4,9H,5-8,10H2,1H3. The second-order valence-corrected chi connectivity index (χ2v) is 6.68. The van der Waals surface area contributed by atoms with Crippen LogP contribution < -0.4 is 9.47 Å². The Kier molecular flexibility index (Phi) is 4.04. The van der Waals surface area contributed by atoms with Gasteiger partial charge in [0.25, 0.3) is 5.91 Å². The third-order valence-electron chi connectivity index (χ3n) is 4.68. The summed E-state index contributed by atoms with van der Waals surface area (Å²) in [6.45, 7) is 1.57. The molecular formula is C19H17ClFNO3. The predicted octanol–water partition coefficient (Wildman–Crippen LogP) is 3.62. The van der Waals surface area contributed by atoms with E-state index in [9.17, 15) is 9.18 Å². The number of nitrogens with zero attached hydrogens (tertiary/aromatic N) is 1. The lowest BCUT2D eigenvalue weighted by Gasteiger charge is -2.21. The number of carbonyl (C=O) groups is 1. The van der Waals surface area contributed by atoms with Crippen molar-refractivity contribution in [3.05, 3.63) is 57.4 Å². The van der Waals surface area contributed by atoms with Crippen LogP contribution in [0.3, 0.4) is 0 Å². The van der Waals surface area contributed by atoms with E-state index in [1.54, 1.807) is 7.05 Å². The largest absolute Gasteiger partial charge is 0.493 e. The summed E-state index contributed by atoms with van der Waals surface area (Å²) in [7, 11) is 1.64. The van der Waals surface area contributed by atoms with Gasteiger partial charge in [-0.15, -0.1) is 0 Å². The van der Waals surface area contributed by atoms with Crippen LogP contribution in [0.25, 0.3) is 0 Å². The first-order valence-electron chi connectivity index (χ1n) is 8.19. The highest BCUT2D eigenvalue weighted by atomic mass is 35.5. The molecule has 0 saturated heterocycles. The summed E-state index contributed by atoms with van der Waals surface area (Å²) in [5, 5.41) is 0.111. The lowest BCUT2D eigenvalue weighted by molar-refractivity contribution is 0.0779. The first kappa shape index (κ1) is 16.2. The van der Waals surface area contributed by atoms with Gasteiger partial charge in [0.2, 0.25) is 0 Å². The molecule has 2 heterocycles. The maximum atomic E-state index is 14.1. The molecule has 0 saturated carbocycles. The Morgan fingerprint density at radius 2 is 2.08 bits per heavy atom. The summed E-state index contributed by atoms with van der Waals surface area (Å²) in [6.07, 6.45) is 1.61. The van der Waals surface area contributed by atoms with E-state index in [0.717, 1.165) is 41.0 Å². The second-order valence-electron chi connectivity index (χ2n) is 6.27. The predicted molar refractivity (Wildman–Crippen MR) is 92.0 cm³/mol. The molecule has 2 aromatic carbocycles. The molecule has 4 nitrogen and oxygen atoms in total. The Balaban J connectivity index is 1.68. The van der Waals surface area contributed by atoms with Crippen LogP contribution in [-0.2, 0) is 19.4 Å². The molecule has 6 heteroatoms. The quantitative estimate of drug-likeness (QED) is 0.838. The number of halogens is 2. The first-order valence-corrected chi connectivity index (χ1v) is 8.56. The van der Waals surface area contributed by atoms with Gasteiger partial charge in [-0.3, -0.25) is 4.79 Å². The van der Waals surface area contributed by atoms with Crippen molar-refractivity contribution in [3.63, 3.8) is 0 Å². The van der Waals surface area contributed by atoms with Crippen molar-refractivity contribution in [2.75, 3.05) is 20.3 Å². The van der Waals surface area contributed by atoms with Crippen molar-refractivity contribution in [1.82, 2.24) is 4.90 Å². The van der Waals surface area contributed by atoms with Crippen molar-refractivity contribution < 1.29 is 18.7 Å². The minimum absolute atomic E-state index is 0.104. The Morgan fingerprint density at radius 1 is 1.28 bits per heavy atom. The molecular weight excluding hydrogens is 345 g/mol. The lowest BCUT2D eigenvalue weighted by atomic mass is 9.99. The molecule has 0 radical (unpaired) electrons. The summed E-state index contributed by atoms with van der Waals surface area (Å²) in [4.78, 5) is 14.2. The van der Waals surface area contributed by atoms with Crippen molar-refractivity contribution in [2.24, 2.45) is 0 Å². The van der Waals surface area contributed by atoms with Crippen LogP contribution >= 0.6 is 11.6 Å². The first-order chi connectivity index (χ1) is 12.1. The zero-order chi connectivity index (χ0) is 17.6. The molecule has 4 rings (SSSR count). The third kappa shape index (κ3) is 2.72. The molecule has 0 aromatic heterocycles. The molecule has 0 spiro atoms. The van der Waals surface area contributed by atoms with Gasteiger partial charge in [-0.2, -0.15) is 0 Å². The average molecular weight is 362 g/mol. The summed E-state index contributed by atoms with van der Waals surface area (Å²) in [5.41, 5.74) is 3.01. The topological polar surface area (TPSA) is 38.8 Å². The molecule has 0 unspecified atom stereocenters. The van der Waals surface area contributed by atoms with Crippen LogP contribution in [0.4, 0.5) is 4.39 Å². The van der Waals surface area contributed by atoms with Crippen LogP contribution in [0.1, 0.15) is 27.0 Å². The number of amides is 1. The normalized spacial score (nSPS) is 14.5. The Morgan fingerprint density at radius 3 is 2.88 bits per heavy atom. The van der Waals surface area contributed by atoms with E-state index in [4.69, 9.17) is 21.1 Å². The van der Waals surface area contributed by atoms with E-state index in [0.29, 0.717) is 19.8 Å². The molecule has 130 valence electrons. The van der Waals surface area contributed by atoms with Crippen molar-refractivity contribution >= 4 is 17.5 Å². The van der Waals surface area contributed by atoms with Gasteiger partial charge in [0.05, 0.1) is 23.8 Å². The van der Waals surface area contributed by atoms with E-state index in [2.05, 4.69) is 0 Å². The highest BCUT2D eigenvalue weighted by Crippen LogP contribution is 2.41. The van der Waals surface area contributed by atoms with Crippen LogP contribution in [0.15, 0.2) is 24.3 Å². The van der Waals surface area contributed by atoms with Gasteiger partial charge in [-0.1, -0.05) is 17.7 Å². The summed E-state index contributed by atoms with van der Waals surface area (Å²) >= 11 is 6.03. The third-order valence-corrected chi connectivity index (χ3v) is 4.99. The lowest BCUT2D eigenvalue weighted by Crippen LogP contribution is -2.28. The van der Waals surface area contributed by atoms with Gasteiger partial charge in [-0.05, 0) is 18.2 Å². The van der Waals surface area contributed by atoms with Gasteiger partial charge in [0, 0.05) is 43.1 Å². The minimum atomic E-state index is -0.618. The molecule has 0 bridgehead atoms. The highest BCUT2D eigenvalue weighted by Gasteiger charge is 2.28. The van der Waals surface area contributed by atoms with Crippen LogP contribution in [0.2, 0.25) is 5.02 Å². The number of ether oxygens (including phenoxy) is 2. The maximum absolute atomic E-state index is 14.1. The van der Waals surface area contributed by atoms with Crippen molar-refractivity contribution in [2.45, 2.75) is 19.4 Å². The monoisotopic (exact) mass is 361 g/mol. The van der Waals surface area contributed by atoms with Crippen LogP contribution in [0.5, 0.6) is 11.5 Å². The fourth-order valence-electron chi connectivity index (χ4n) is 3.45. The Labute approximate surface area is 150 Å². The molecule has 2 aliphatic rings. The fourth-order valence-corrected chi connectivity index (χ4v) is 3.70. The number of fused-ring (bicyclic) bond motifs is 2. The summed E-state index contributed by atoms with van der Waals surface area (Å²) < 4.78 is 25.5. The molecule has 0 atom stereocenters. The van der Waals surface area contributed by atoms with E-state index in [1.165, 1.54) is 23.1 Å². The molecule has 2 aromatic rings. The smallest absolute Gasteiger partial charge is 0.258 e. The number of carbonyl (C=O) groups excluding carboxylic acids is 1. The van der Waals surface area contributed by atoms with Gasteiger partial charge >= 0.3 is 0 Å². The molecule has 0 aliphatic carbocycles. The Bertz CT molecular complexity index is 816. The molecule has 1 amide bonds. The number of hydrogen-bond acceptors (Lipinski definition) is 3. The van der Waals surface area contributed by atoms with Crippen molar-refractivity contribution in [1.29, 1.82) is 0 Å². The van der Waals surface area contributed by atoms with Crippen molar-refractivity contribution in [3.8, 4) is 11.5 Å². The van der Waals surface area contributed by atoms with Gasteiger partial charge < -0.3 is 14.4 Å². The number of rotatable bonds is 3. The van der Waals surface area contributed by atoms with E-state index in [-0.39, 0.29) is 10.6 Å². The van der Waals surface area contributed by atoms with Crippen LogP contribution in [-0.4, -0.2) is 31.1 Å². The summed E-state index contributed by atoms with van der Waals surface area (Å²) in [6, 6.07) is 6.27. The Hall–Kier alpha value is -2.27. The van der Waals surface area contributed by atoms with E-state index < -0.39 is 11.7 Å². The second kappa shape index (κ2) is 6.23. The minimum Gasteiger partial charge on any atom is -0.493 e. The highest BCUT2D eigenvalue weighted by molar-refractivity contribution is 6.33. The van der Waals surface area contributed by atoms with E-state index >= 15 is 0 Å².